The Morgan fingerprint density at radius 1 is 1.33 bits per heavy atom. The number of fused-ring (bicyclic) bond motifs is 1. The number of hydrogen-bond acceptors (Lipinski definition) is 4. The van der Waals surface area contributed by atoms with Crippen molar-refractivity contribution in [2.75, 3.05) is 24.2 Å². The Kier molecular flexibility index (Phi) is 4.58. The Morgan fingerprint density at radius 2 is 2.12 bits per heavy atom. The summed E-state index contributed by atoms with van der Waals surface area (Å²) in [7, 11) is 0. The molecule has 0 unspecified atom stereocenters. The number of rotatable bonds is 1. The molecule has 3 rings (SSSR count). The molecule has 2 amide bonds. The van der Waals surface area contributed by atoms with Crippen LogP contribution in [0.4, 0.5) is 10.5 Å². The third-order valence-electron chi connectivity index (χ3n) is 3.84. The van der Waals surface area contributed by atoms with E-state index < -0.39 is 5.60 Å². The van der Waals surface area contributed by atoms with Gasteiger partial charge in [0.15, 0.2) is 0 Å². The molecule has 0 radical (unpaired) electrons. The monoisotopic (exact) mass is 346 g/mol. The van der Waals surface area contributed by atoms with Crippen LogP contribution in [-0.4, -0.2) is 41.3 Å². The number of carbonyl (C=O) groups excluding carboxylic acids is 2. The van der Waals surface area contributed by atoms with E-state index in [1.165, 1.54) is 5.57 Å². The van der Waals surface area contributed by atoms with E-state index in [2.05, 4.69) is 17.5 Å². The van der Waals surface area contributed by atoms with E-state index in [0.29, 0.717) is 18.8 Å². The van der Waals surface area contributed by atoms with Crippen LogP contribution in [0.2, 0.25) is 0 Å². The predicted octanol–water partition coefficient (Wildman–Crippen LogP) is 3.76. The molecule has 0 spiro atoms. The summed E-state index contributed by atoms with van der Waals surface area (Å²) < 4.78 is 5.43. The Hall–Kier alpha value is -1.95. The van der Waals surface area contributed by atoms with Crippen LogP contribution in [0, 0.1) is 0 Å². The first-order valence-electron chi connectivity index (χ1n) is 8.06. The number of thioether (sulfide) groups is 1. The lowest BCUT2D eigenvalue weighted by Crippen LogP contribution is -2.39. The number of amides is 2. The quantitative estimate of drug-likeness (QED) is 0.841. The maximum Gasteiger partial charge on any atom is 0.410 e. The van der Waals surface area contributed by atoms with E-state index in [1.807, 2.05) is 32.9 Å². The zero-order chi connectivity index (χ0) is 17.3. The van der Waals surface area contributed by atoms with Crippen LogP contribution in [-0.2, 0) is 9.53 Å². The maximum atomic E-state index is 12.1. The number of benzene rings is 1. The largest absolute Gasteiger partial charge is 0.444 e. The zero-order valence-corrected chi connectivity index (χ0v) is 15.0. The SMILES string of the molecule is CC(C)(C)OC(=O)N1CC=C(c2cccc3c2SCC(=O)N3)CC1. The van der Waals surface area contributed by atoms with Gasteiger partial charge in [-0.2, -0.15) is 0 Å². The van der Waals surface area contributed by atoms with E-state index in [-0.39, 0.29) is 12.0 Å². The fourth-order valence-electron chi connectivity index (χ4n) is 2.77. The summed E-state index contributed by atoms with van der Waals surface area (Å²) in [5.74, 6) is 0.486. The second-order valence-corrected chi connectivity index (χ2v) is 7.91. The number of anilines is 1. The Bertz CT molecular complexity index is 707. The van der Waals surface area contributed by atoms with Gasteiger partial charge in [-0.1, -0.05) is 18.2 Å². The van der Waals surface area contributed by atoms with Crippen molar-refractivity contribution < 1.29 is 14.3 Å². The summed E-state index contributed by atoms with van der Waals surface area (Å²) in [6.45, 7) is 6.81. The topological polar surface area (TPSA) is 58.6 Å². The van der Waals surface area contributed by atoms with Crippen molar-refractivity contribution in [2.24, 2.45) is 0 Å². The molecule has 1 aromatic rings. The molecule has 0 fully saturated rings. The van der Waals surface area contributed by atoms with Gasteiger partial charge >= 0.3 is 6.09 Å². The molecule has 1 N–H and O–H groups in total. The third-order valence-corrected chi connectivity index (χ3v) is 4.98. The van der Waals surface area contributed by atoms with Crippen molar-refractivity contribution in [1.29, 1.82) is 0 Å². The van der Waals surface area contributed by atoms with Crippen LogP contribution < -0.4 is 5.32 Å². The summed E-state index contributed by atoms with van der Waals surface area (Å²) in [5.41, 5.74) is 2.77. The van der Waals surface area contributed by atoms with Crippen molar-refractivity contribution in [3.05, 3.63) is 29.8 Å². The normalized spacial score (nSPS) is 17.7. The van der Waals surface area contributed by atoms with Crippen LogP contribution >= 0.6 is 11.8 Å². The van der Waals surface area contributed by atoms with Gasteiger partial charge in [0.1, 0.15) is 5.60 Å². The van der Waals surface area contributed by atoms with Gasteiger partial charge in [0.05, 0.1) is 11.4 Å². The molecule has 2 heterocycles. The fraction of sp³-hybridized carbons (Fsp3) is 0.444. The maximum absolute atomic E-state index is 12.1. The molecule has 128 valence electrons. The van der Waals surface area contributed by atoms with Crippen LogP contribution in [0.25, 0.3) is 5.57 Å². The summed E-state index contributed by atoms with van der Waals surface area (Å²) in [6, 6.07) is 5.97. The average molecular weight is 346 g/mol. The number of nitrogens with zero attached hydrogens (tertiary/aromatic N) is 1. The predicted molar refractivity (Wildman–Crippen MR) is 96.2 cm³/mol. The molecule has 24 heavy (non-hydrogen) atoms. The smallest absolute Gasteiger partial charge is 0.410 e. The van der Waals surface area contributed by atoms with Gasteiger partial charge in [-0.3, -0.25) is 4.79 Å². The zero-order valence-electron chi connectivity index (χ0n) is 14.2. The lowest BCUT2D eigenvalue weighted by Gasteiger charge is -2.30. The Morgan fingerprint density at radius 3 is 2.79 bits per heavy atom. The molecule has 0 aromatic heterocycles. The van der Waals surface area contributed by atoms with Gasteiger partial charge in [0.25, 0.3) is 0 Å². The Balaban J connectivity index is 1.75. The molecular weight excluding hydrogens is 324 g/mol. The number of carbonyl (C=O) groups is 2. The molecule has 1 aromatic carbocycles. The van der Waals surface area contributed by atoms with E-state index in [4.69, 9.17) is 4.74 Å². The molecule has 5 nitrogen and oxygen atoms in total. The molecule has 6 heteroatoms. The number of ether oxygens (including phenoxy) is 1. The summed E-state index contributed by atoms with van der Waals surface area (Å²) >= 11 is 1.57. The fourth-order valence-corrected chi connectivity index (χ4v) is 3.75. The summed E-state index contributed by atoms with van der Waals surface area (Å²) in [4.78, 5) is 26.5. The molecule has 0 aliphatic carbocycles. The lowest BCUT2D eigenvalue weighted by atomic mass is 9.99. The summed E-state index contributed by atoms with van der Waals surface area (Å²) in [6.07, 6.45) is 2.60. The van der Waals surface area contributed by atoms with Crippen LogP contribution in [0.15, 0.2) is 29.2 Å². The highest BCUT2D eigenvalue weighted by molar-refractivity contribution is 8.00. The first-order valence-corrected chi connectivity index (χ1v) is 9.05. The molecular formula is C18H22N2O3S. The highest BCUT2D eigenvalue weighted by atomic mass is 32.2. The standard InChI is InChI=1S/C18H22N2O3S/c1-18(2,3)23-17(22)20-9-7-12(8-10-20)13-5-4-6-14-16(13)24-11-15(21)19-14/h4-7H,8-11H2,1-3H3,(H,19,21). The number of hydrogen-bond donors (Lipinski definition) is 1. The Labute approximate surface area is 146 Å². The van der Waals surface area contributed by atoms with E-state index >= 15 is 0 Å². The van der Waals surface area contributed by atoms with Gasteiger partial charge in [0, 0.05) is 18.0 Å². The highest BCUT2D eigenvalue weighted by Gasteiger charge is 2.25. The average Bonchev–Trinajstić information content (AvgIpc) is 2.52. The second kappa shape index (κ2) is 6.51. The van der Waals surface area contributed by atoms with Crippen LogP contribution in [0.1, 0.15) is 32.8 Å². The third kappa shape index (κ3) is 3.75. The number of nitrogens with one attached hydrogen (secondary N) is 1. The van der Waals surface area contributed by atoms with Gasteiger partial charge in [0.2, 0.25) is 5.91 Å². The van der Waals surface area contributed by atoms with Gasteiger partial charge < -0.3 is 15.0 Å². The second-order valence-electron chi connectivity index (χ2n) is 6.92. The van der Waals surface area contributed by atoms with Crippen molar-refractivity contribution >= 4 is 35.0 Å². The van der Waals surface area contributed by atoms with Crippen molar-refractivity contribution in [1.82, 2.24) is 4.90 Å². The first kappa shape index (κ1) is 16.9. The molecule has 2 aliphatic rings. The van der Waals surface area contributed by atoms with Crippen LogP contribution in [0.3, 0.4) is 0 Å². The van der Waals surface area contributed by atoms with Crippen LogP contribution in [0.5, 0.6) is 0 Å². The van der Waals surface area contributed by atoms with Crippen molar-refractivity contribution in [2.45, 2.75) is 37.7 Å². The molecule has 0 bridgehead atoms. The minimum atomic E-state index is -0.478. The highest BCUT2D eigenvalue weighted by Crippen LogP contribution is 2.39. The summed E-state index contributed by atoms with van der Waals surface area (Å²) in [5, 5.41) is 2.92. The van der Waals surface area contributed by atoms with E-state index in [9.17, 15) is 9.59 Å². The molecule has 0 atom stereocenters. The van der Waals surface area contributed by atoms with Gasteiger partial charge in [-0.05, 0) is 44.4 Å². The molecule has 0 saturated carbocycles. The van der Waals surface area contributed by atoms with E-state index in [1.54, 1.807) is 16.7 Å². The van der Waals surface area contributed by atoms with Crippen molar-refractivity contribution in [3.8, 4) is 0 Å². The molecule has 0 saturated heterocycles. The minimum Gasteiger partial charge on any atom is -0.444 e. The van der Waals surface area contributed by atoms with E-state index in [0.717, 1.165) is 22.6 Å². The minimum absolute atomic E-state index is 0.0402. The van der Waals surface area contributed by atoms with Gasteiger partial charge in [-0.15, -0.1) is 11.8 Å². The first-order chi connectivity index (χ1) is 11.3. The lowest BCUT2D eigenvalue weighted by molar-refractivity contribution is -0.113. The van der Waals surface area contributed by atoms with Gasteiger partial charge in [-0.25, -0.2) is 4.79 Å². The van der Waals surface area contributed by atoms with Crippen molar-refractivity contribution in [3.63, 3.8) is 0 Å². The molecule has 2 aliphatic heterocycles.